The van der Waals surface area contributed by atoms with Gasteiger partial charge in [-0.05, 0) is 68.5 Å². The van der Waals surface area contributed by atoms with E-state index in [1.54, 1.807) is 6.92 Å². The Kier molecular flexibility index (Phi) is 9.59. The largest absolute Gasteiger partial charge is 0.452 e. The first kappa shape index (κ1) is 29.7. The SMILES string of the molecule is Cc1ccc(C(=O)OCC(=O)Nc2cccc(S(=O)(=O)NC3=NCCCCC3)c2)cc1S(=O)(=O)N1CCCCC1. The molecule has 13 heteroatoms. The Labute approximate surface area is 235 Å². The number of carbonyl (C=O) groups is 2. The Morgan fingerprint density at radius 1 is 0.950 bits per heavy atom. The monoisotopic (exact) mass is 590 g/mol. The van der Waals surface area contributed by atoms with Crippen LogP contribution < -0.4 is 10.0 Å². The molecular formula is C27H34N4O7S2. The van der Waals surface area contributed by atoms with Crippen molar-refractivity contribution in [2.75, 3.05) is 31.6 Å². The number of anilines is 1. The van der Waals surface area contributed by atoms with Crippen molar-refractivity contribution in [3.05, 3.63) is 53.6 Å². The first-order chi connectivity index (χ1) is 19.1. The minimum atomic E-state index is -3.89. The van der Waals surface area contributed by atoms with Gasteiger partial charge in [0.15, 0.2) is 6.61 Å². The van der Waals surface area contributed by atoms with Gasteiger partial charge in [0.05, 0.1) is 15.4 Å². The van der Waals surface area contributed by atoms with Crippen molar-refractivity contribution in [1.82, 2.24) is 9.03 Å². The van der Waals surface area contributed by atoms with Gasteiger partial charge in [-0.3, -0.25) is 14.5 Å². The van der Waals surface area contributed by atoms with E-state index < -0.39 is 38.5 Å². The minimum Gasteiger partial charge on any atom is -0.452 e. The summed E-state index contributed by atoms with van der Waals surface area (Å²) in [6.45, 7) is 2.46. The topological polar surface area (TPSA) is 151 Å². The molecular weight excluding hydrogens is 556 g/mol. The summed E-state index contributed by atoms with van der Waals surface area (Å²) in [5.74, 6) is -1.12. The molecule has 0 aliphatic carbocycles. The van der Waals surface area contributed by atoms with E-state index in [1.165, 1.54) is 46.8 Å². The van der Waals surface area contributed by atoms with Crippen molar-refractivity contribution in [2.45, 2.75) is 61.7 Å². The molecule has 0 bridgehead atoms. The number of rotatable bonds is 8. The van der Waals surface area contributed by atoms with Crippen LogP contribution >= 0.6 is 0 Å². The first-order valence-electron chi connectivity index (χ1n) is 13.3. The molecule has 2 aromatic carbocycles. The second-order valence-electron chi connectivity index (χ2n) is 9.84. The number of esters is 1. The van der Waals surface area contributed by atoms with Crippen molar-refractivity contribution < 1.29 is 31.2 Å². The number of carbonyl (C=O) groups excluding carboxylic acids is 2. The van der Waals surface area contributed by atoms with Gasteiger partial charge >= 0.3 is 5.97 Å². The molecule has 0 unspecified atom stereocenters. The highest BCUT2D eigenvalue weighted by Gasteiger charge is 2.28. The van der Waals surface area contributed by atoms with Crippen LogP contribution in [0.2, 0.25) is 0 Å². The number of amidine groups is 1. The Morgan fingerprint density at radius 3 is 2.48 bits per heavy atom. The maximum absolute atomic E-state index is 13.1. The zero-order valence-electron chi connectivity index (χ0n) is 22.4. The third kappa shape index (κ3) is 7.46. The highest BCUT2D eigenvalue weighted by atomic mass is 32.2. The lowest BCUT2D eigenvalue weighted by atomic mass is 10.1. The second kappa shape index (κ2) is 12.9. The fourth-order valence-corrected chi connectivity index (χ4v) is 7.48. The predicted octanol–water partition coefficient (Wildman–Crippen LogP) is 3.22. The molecule has 0 saturated carbocycles. The van der Waals surface area contributed by atoms with Gasteiger partial charge in [-0.2, -0.15) is 4.31 Å². The number of benzene rings is 2. The van der Waals surface area contributed by atoms with Gasteiger partial charge < -0.3 is 10.1 Å². The molecule has 2 aliphatic heterocycles. The van der Waals surface area contributed by atoms with E-state index in [2.05, 4.69) is 15.0 Å². The number of nitrogens with zero attached hydrogens (tertiary/aromatic N) is 2. The van der Waals surface area contributed by atoms with Gasteiger partial charge in [0, 0.05) is 31.7 Å². The van der Waals surface area contributed by atoms with Crippen LogP contribution in [0, 0.1) is 6.92 Å². The maximum Gasteiger partial charge on any atom is 0.338 e. The van der Waals surface area contributed by atoms with Gasteiger partial charge in [0.1, 0.15) is 5.84 Å². The number of ether oxygens (including phenoxy) is 1. The molecule has 1 saturated heterocycles. The summed E-state index contributed by atoms with van der Waals surface area (Å²) in [5, 5.41) is 2.52. The van der Waals surface area contributed by atoms with Crippen LogP contribution in [0.15, 0.2) is 57.2 Å². The number of aryl methyl sites for hydroxylation is 1. The Morgan fingerprint density at radius 2 is 1.70 bits per heavy atom. The second-order valence-corrected chi connectivity index (χ2v) is 13.4. The maximum atomic E-state index is 13.1. The van der Waals surface area contributed by atoms with Crippen LogP contribution in [-0.2, 0) is 29.6 Å². The lowest BCUT2D eigenvalue weighted by Gasteiger charge is -2.26. The number of hydrogen-bond donors (Lipinski definition) is 2. The summed E-state index contributed by atoms with van der Waals surface area (Å²) in [6.07, 6.45) is 5.86. The van der Waals surface area contributed by atoms with Crippen molar-refractivity contribution in [2.24, 2.45) is 4.99 Å². The predicted molar refractivity (Wildman–Crippen MR) is 150 cm³/mol. The van der Waals surface area contributed by atoms with Crippen LogP contribution in [0.3, 0.4) is 0 Å². The summed E-state index contributed by atoms with van der Waals surface area (Å²) >= 11 is 0. The van der Waals surface area contributed by atoms with E-state index in [0.717, 1.165) is 38.5 Å². The van der Waals surface area contributed by atoms with Crippen LogP contribution in [0.1, 0.15) is 60.9 Å². The van der Waals surface area contributed by atoms with Gasteiger partial charge in [0.2, 0.25) is 10.0 Å². The average Bonchev–Trinajstić information content (AvgIpc) is 3.20. The average molecular weight is 591 g/mol. The third-order valence-electron chi connectivity index (χ3n) is 6.75. The summed E-state index contributed by atoms with van der Waals surface area (Å²) in [7, 11) is -7.66. The Balaban J connectivity index is 1.37. The fraction of sp³-hybridized carbons (Fsp3) is 0.444. The smallest absolute Gasteiger partial charge is 0.338 e. The molecule has 4 rings (SSSR count). The Hall–Kier alpha value is -3.29. The van der Waals surface area contributed by atoms with Crippen molar-refractivity contribution in [1.29, 1.82) is 0 Å². The zero-order chi connectivity index (χ0) is 28.8. The normalized spacial score (nSPS) is 16.9. The third-order valence-corrected chi connectivity index (χ3v) is 10.2. The highest BCUT2D eigenvalue weighted by molar-refractivity contribution is 7.90. The zero-order valence-corrected chi connectivity index (χ0v) is 24.0. The van der Waals surface area contributed by atoms with E-state index >= 15 is 0 Å². The molecule has 11 nitrogen and oxygen atoms in total. The molecule has 2 aromatic rings. The molecule has 0 spiro atoms. The Bertz CT molecular complexity index is 1500. The van der Waals surface area contributed by atoms with Crippen LogP contribution in [-0.4, -0.2) is 65.1 Å². The standard InChI is InChI=1S/C27H34N4O7S2/c1-20-12-13-21(17-24(20)40(36,37)31-15-6-3-7-16-31)27(33)38-19-26(32)29-22-9-8-10-23(18-22)39(34,35)30-25-11-4-2-5-14-28-25/h8-10,12-13,17-18H,2-7,11,14-16,19H2,1H3,(H,28,30)(H,29,32). The summed E-state index contributed by atoms with van der Waals surface area (Å²) in [5.41, 5.74) is 0.724. The van der Waals surface area contributed by atoms with Crippen LogP contribution in [0.25, 0.3) is 0 Å². The van der Waals surface area contributed by atoms with Gasteiger partial charge in [-0.15, -0.1) is 0 Å². The molecule has 2 N–H and O–H groups in total. The van der Waals surface area contributed by atoms with E-state index in [-0.39, 0.29) is 21.0 Å². The highest BCUT2D eigenvalue weighted by Crippen LogP contribution is 2.25. The number of hydrogen-bond acceptors (Lipinski definition) is 8. The summed E-state index contributed by atoms with van der Waals surface area (Å²) in [6, 6.07) is 9.97. The lowest BCUT2D eigenvalue weighted by molar-refractivity contribution is -0.119. The first-order valence-corrected chi connectivity index (χ1v) is 16.2. The number of nitrogens with one attached hydrogen (secondary N) is 2. The molecule has 0 radical (unpaired) electrons. The van der Waals surface area contributed by atoms with Crippen molar-refractivity contribution in [3.8, 4) is 0 Å². The van der Waals surface area contributed by atoms with Crippen LogP contribution in [0.5, 0.6) is 0 Å². The van der Waals surface area contributed by atoms with Crippen molar-refractivity contribution in [3.63, 3.8) is 0 Å². The number of piperidine rings is 1. The molecule has 40 heavy (non-hydrogen) atoms. The quantitative estimate of drug-likeness (QED) is 0.448. The molecule has 2 heterocycles. The van der Waals surface area contributed by atoms with E-state index in [0.29, 0.717) is 37.5 Å². The van der Waals surface area contributed by atoms with Gasteiger partial charge in [-0.1, -0.05) is 25.0 Å². The molecule has 2 aliphatic rings. The van der Waals surface area contributed by atoms with Crippen molar-refractivity contribution >= 4 is 43.4 Å². The lowest BCUT2D eigenvalue weighted by Crippen LogP contribution is -2.36. The molecule has 1 fully saturated rings. The molecule has 0 atom stereocenters. The molecule has 216 valence electrons. The number of sulfonamides is 2. The molecule has 0 aromatic heterocycles. The van der Waals surface area contributed by atoms with E-state index in [9.17, 15) is 26.4 Å². The fourth-order valence-electron chi connectivity index (χ4n) is 4.57. The molecule has 1 amide bonds. The van der Waals surface area contributed by atoms with Crippen LogP contribution in [0.4, 0.5) is 5.69 Å². The summed E-state index contributed by atoms with van der Waals surface area (Å²) < 4.78 is 61.0. The van der Waals surface area contributed by atoms with Gasteiger partial charge in [0.25, 0.3) is 15.9 Å². The van der Waals surface area contributed by atoms with E-state index in [4.69, 9.17) is 4.74 Å². The van der Waals surface area contributed by atoms with Gasteiger partial charge in [-0.25, -0.2) is 21.6 Å². The summed E-state index contributed by atoms with van der Waals surface area (Å²) in [4.78, 5) is 29.4. The van der Waals surface area contributed by atoms with E-state index in [1.807, 2.05) is 0 Å². The number of amides is 1. The minimum absolute atomic E-state index is 0.00887. The number of aliphatic imine (C=N–C) groups is 1.